The first kappa shape index (κ1) is 15.7. The number of piperazine rings is 1. The first-order chi connectivity index (χ1) is 11.6. The Kier molecular flexibility index (Phi) is 4.07. The van der Waals surface area contributed by atoms with E-state index in [1.54, 1.807) is 0 Å². The smallest absolute Gasteiger partial charge is 0.165 e. The monoisotopic (exact) mass is 365 g/mol. The van der Waals surface area contributed by atoms with Crippen molar-refractivity contribution in [3.63, 3.8) is 0 Å². The third-order valence-corrected chi connectivity index (χ3v) is 5.01. The predicted molar refractivity (Wildman–Crippen MR) is 92.3 cm³/mol. The second-order valence-electron chi connectivity index (χ2n) is 5.36. The van der Waals surface area contributed by atoms with Gasteiger partial charge in [-0.1, -0.05) is 11.6 Å². The van der Waals surface area contributed by atoms with E-state index in [0.29, 0.717) is 12.1 Å². The largest absolute Gasteiger partial charge is 0.352 e. The van der Waals surface area contributed by atoms with Crippen LogP contribution in [0.1, 0.15) is 0 Å². The molecule has 1 aliphatic heterocycles. The van der Waals surface area contributed by atoms with Crippen LogP contribution in [0.5, 0.6) is 0 Å². The molecule has 24 heavy (non-hydrogen) atoms. The predicted octanol–water partition coefficient (Wildman–Crippen LogP) is 3.86. The minimum atomic E-state index is -0.695. The second kappa shape index (κ2) is 6.23. The Morgan fingerprint density at radius 3 is 2.88 bits per heavy atom. The van der Waals surface area contributed by atoms with Crippen molar-refractivity contribution in [3.05, 3.63) is 46.8 Å². The van der Waals surface area contributed by atoms with Gasteiger partial charge in [0.2, 0.25) is 0 Å². The van der Waals surface area contributed by atoms with Crippen molar-refractivity contribution in [1.29, 1.82) is 0 Å². The number of aromatic nitrogens is 2. The summed E-state index contributed by atoms with van der Waals surface area (Å²) in [7, 11) is 0. The topological polar surface area (TPSA) is 41.1 Å². The third-order valence-electron chi connectivity index (χ3n) is 3.82. The molecule has 4 nitrogen and oxygen atoms in total. The van der Waals surface area contributed by atoms with Crippen molar-refractivity contribution >= 4 is 39.0 Å². The molecule has 2 aromatic heterocycles. The van der Waals surface area contributed by atoms with Crippen molar-refractivity contribution in [2.45, 2.75) is 0 Å². The highest BCUT2D eigenvalue weighted by atomic mass is 35.5. The maximum atomic E-state index is 14.3. The molecule has 1 fully saturated rings. The van der Waals surface area contributed by atoms with Crippen molar-refractivity contribution in [2.24, 2.45) is 0 Å². The second-order valence-corrected chi connectivity index (χ2v) is 6.68. The molecule has 3 aromatic rings. The molecule has 3 heterocycles. The number of nitrogens with one attached hydrogen (secondary N) is 1. The van der Waals surface area contributed by atoms with Gasteiger partial charge in [0.1, 0.15) is 11.6 Å². The van der Waals surface area contributed by atoms with Gasteiger partial charge in [-0.3, -0.25) is 0 Å². The zero-order chi connectivity index (χ0) is 16.7. The van der Waals surface area contributed by atoms with Gasteiger partial charge in [-0.25, -0.2) is 18.7 Å². The van der Waals surface area contributed by atoms with Gasteiger partial charge in [-0.15, -0.1) is 11.3 Å². The van der Waals surface area contributed by atoms with Crippen LogP contribution in [0.2, 0.25) is 5.02 Å². The average Bonchev–Trinajstić information content (AvgIpc) is 3.06. The van der Waals surface area contributed by atoms with Gasteiger partial charge in [-0.2, -0.15) is 0 Å². The molecule has 1 aromatic carbocycles. The van der Waals surface area contributed by atoms with Crippen LogP contribution in [-0.2, 0) is 0 Å². The van der Waals surface area contributed by atoms with Gasteiger partial charge in [0, 0.05) is 26.2 Å². The number of thiophene rings is 1. The lowest BCUT2D eigenvalue weighted by Crippen LogP contribution is -2.41. The molecule has 4 rings (SSSR count). The van der Waals surface area contributed by atoms with E-state index in [2.05, 4.69) is 20.2 Å². The lowest BCUT2D eigenvalue weighted by molar-refractivity contribution is 0.602. The molecule has 8 heteroatoms. The summed E-state index contributed by atoms with van der Waals surface area (Å²) in [5.74, 6) is -0.451. The number of hydrogen-bond donors (Lipinski definition) is 1. The highest BCUT2D eigenvalue weighted by Crippen LogP contribution is 2.33. The zero-order valence-corrected chi connectivity index (χ0v) is 14.0. The quantitative estimate of drug-likeness (QED) is 0.700. The molecule has 0 aliphatic carbocycles. The molecule has 0 spiro atoms. The molecule has 0 amide bonds. The number of benzene rings is 1. The van der Waals surface area contributed by atoms with E-state index in [-0.39, 0.29) is 16.4 Å². The lowest BCUT2D eigenvalue weighted by atomic mass is 10.2. The Hall–Kier alpha value is -1.83. The summed E-state index contributed by atoms with van der Waals surface area (Å²) in [5, 5.41) is 4.82. The Bertz CT molecular complexity index is 908. The molecular formula is C16H12ClF2N4S. The SMILES string of the molecule is Fc1cc(-c2nc(N3C[CH]NCC3)c3sccc3n2)c(F)cc1Cl. The van der Waals surface area contributed by atoms with Crippen LogP contribution in [0, 0.1) is 18.2 Å². The summed E-state index contributed by atoms with van der Waals surface area (Å²) >= 11 is 7.16. The number of rotatable bonds is 2. The standard InChI is InChI=1S/C16H12ClF2N4S/c17-10-8-11(18)9(7-12(10)19)15-21-13-1-6-24-14(13)16(22-15)23-4-2-20-3-5-23/h1-2,6-8,20H,3-5H2. The van der Waals surface area contributed by atoms with E-state index in [9.17, 15) is 8.78 Å². The van der Waals surface area contributed by atoms with Crippen LogP contribution >= 0.6 is 22.9 Å². The maximum Gasteiger partial charge on any atom is 0.165 e. The summed E-state index contributed by atoms with van der Waals surface area (Å²) in [6.07, 6.45) is 0. The summed E-state index contributed by atoms with van der Waals surface area (Å²) < 4.78 is 29.0. The van der Waals surface area contributed by atoms with Crippen LogP contribution in [0.4, 0.5) is 14.6 Å². The van der Waals surface area contributed by atoms with Crippen molar-refractivity contribution in [2.75, 3.05) is 24.5 Å². The fourth-order valence-electron chi connectivity index (χ4n) is 2.64. The summed E-state index contributed by atoms with van der Waals surface area (Å²) in [6, 6.07) is 3.84. The first-order valence-electron chi connectivity index (χ1n) is 7.33. The molecule has 123 valence electrons. The number of halogens is 3. The first-order valence-corrected chi connectivity index (χ1v) is 8.59. The van der Waals surface area contributed by atoms with E-state index in [1.165, 1.54) is 11.3 Å². The lowest BCUT2D eigenvalue weighted by Gasteiger charge is -2.28. The Balaban J connectivity index is 1.89. The summed E-state index contributed by atoms with van der Waals surface area (Å²) in [4.78, 5) is 11.0. The van der Waals surface area contributed by atoms with Crippen LogP contribution in [0.3, 0.4) is 0 Å². The van der Waals surface area contributed by atoms with Crippen LogP contribution < -0.4 is 10.2 Å². The minimum Gasteiger partial charge on any atom is -0.352 e. The van der Waals surface area contributed by atoms with E-state index in [4.69, 9.17) is 11.6 Å². The molecule has 1 aliphatic rings. The number of fused-ring (bicyclic) bond motifs is 1. The molecule has 1 radical (unpaired) electrons. The molecule has 0 bridgehead atoms. The van der Waals surface area contributed by atoms with E-state index in [1.807, 2.05) is 18.0 Å². The van der Waals surface area contributed by atoms with Gasteiger partial charge in [0.05, 0.1) is 20.8 Å². The van der Waals surface area contributed by atoms with E-state index < -0.39 is 11.6 Å². The number of hydrogen-bond acceptors (Lipinski definition) is 5. The minimum absolute atomic E-state index is 0.00497. The number of anilines is 1. The fourth-order valence-corrected chi connectivity index (χ4v) is 3.63. The van der Waals surface area contributed by atoms with Gasteiger partial charge in [0.25, 0.3) is 0 Å². The molecule has 1 N–H and O–H groups in total. The van der Waals surface area contributed by atoms with Crippen molar-refractivity contribution in [1.82, 2.24) is 15.3 Å². The number of nitrogens with zero attached hydrogens (tertiary/aromatic N) is 3. The van der Waals surface area contributed by atoms with Crippen LogP contribution in [0.15, 0.2) is 23.6 Å². The van der Waals surface area contributed by atoms with Gasteiger partial charge < -0.3 is 10.2 Å². The molecule has 1 saturated heterocycles. The van der Waals surface area contributed by atoms with Gasteiger partial charge >= 0.3 is 0 Å². The van der Waals surface area contributed by atoms with Crippen molar-refractivity contribution < 1.29 is 8.78 Å². The third kappa shape index (κ3) is 2.72. The highest BCUT2D eigenvalue weighted by molar-refractivity contribution is 7.17. The van der Waals surface area contributed by atoms with E-state index in [0.717, 1.165) is 35.7 Å². The Morgan fingerprint density at radius 1 is 1.21 bits per heavy atom. The Morgan fingerprint density at radius 2 is 2.08 bits per heavy atom. The normalized spacial score (nSPS) is 15.2. The maximum absolute atomic E-state index is 14.3. The van der Waals surface area contributed by atoms with Crippen LogP contribution in [0.25, 0.3) is 21.6 Å². The molecule has 0 unspecified atom stereocenters. The van der Waals surface area contributed by atoms with Gasteiger partial charge in [0.15, 0.2) is 11.6 Å². The average molecular weight is 366 g/mol. The zero-order valence-electron chi connectivity index (χ0n) is 12.4. The van der Waals surface area contributed by atoms with Crippen molar-refractivity contribution in [3.8, 4) is 11.4 Å². The van der Waals surface area contributed by atoms with Crippen LogP contribution in [-0.4, -0.2) is 29.6 Å². The van der Waals surface area contributed by atoms with Gasteiger partial charge in [-0.05, 0) is 23.6 Å². The molecule has 0 saturated carbocycles. The van der Waals surface area contributed by atoms with E-state index >= 15 is 0 Å². The molecular weight excluding hydrogens is 354 g/mol. The fraction of sp³-hybridized carbons (Fsp3) is 0.188. The summed E-state index contributed by atoms with van der Waals surface area (Å²) in [5.41, 5.74) is 0.721. The highest BCUT2D eigenvalue weighted by Gasteiger charge is 2.20. The molecule has 0 atom stereocenters. The summed E-state index contributed by atoms with van der Waals surface area (Å²) in [6.45, 7) is 4.21. The Labute approximate surface area is 146 Å².